The molecule has 0 aliphatic heterocycles. The second-order valence-corrected chi connectivity index (χ2v) is 13.4. The van der Waals surface area contributed by atoms with Gasteiger partial charge in [0.15, 0.2) is 0 Å². The monoisotopic (exact) mass is 310 g/mol. The first kappa shape index (κ1) is 18.8. The van der Waals surface area contributed by atoms with Crippen LogP contribution in [0.5, 0.6) is 0 Å². The van der Waals surface area contributed by atoms with E-state index in [4.69, 9.17) is 22.7 Å². The third-order valence-electron chi connectivity index (χ3n) is 3.40. The lowest BCUT2D eigenvalue weighted by Gasteiger charge is -2.11. The van der Waals surface area contributed by atoms with Crippen LogP contribution in [0.25, 0.3) is 0 Å². The maximum atomic E-state index is 6.30. The Morgan fingerprint density at radius 1 is 0.611 bits per heavy atom. The highest BCUT2D eigenvalue weighted by Crippen LogP contribution is 2.19. The number of hydrogen-bond acceptors (Lipinski definition) is 0. The minimum Gasteiger partial charge on any atom is -0.168 e. The molecule has 0 nitrogen and oxygen atoms in total. The predicted octanol–water partition coefficient (Wildman–Crippen LogP) is 6.96. The number of rotatable bonds is 13. The Balaban J connectivity index is 2.99. The van der Waals surface area contributed by atoms with Gasteiger partial charge in [0.05, 0.1) is 0 Å². The van der Waals surface area contributed by atoms with Gasteiger partial charge in [0.1, 0.15) is 7.38 Å². The van der Waals surface area contributed by atoms with Gasteiger partial charge in [0.2, 0.25) is 0 Å². The quantitative estimate of drug-likeness (QED) is 0.149. The van der Waals surface area contributed by atoms with Crippen molar-refractivity contribution in [1.82, 2.24) is 0 Å². The maximum absolute atomic E-state index is 6.30. The highest BCUT2D eigenvalue weighted by Gasteiger charge is 2.15. The number of halogens is 2. The van der Waals surface area contributed by atoms with E-state index in [2.05, 4.69) is 13.1 Å². The molecule has 3 heteroatoms. The van der Waals surface area contributed by atoms with Crippen LogP contribution in [-0.2, 0) is 0 Å². The van der Waals surface area contributed by atoms with Gasteiger partial charge in [-0.05, 0) is 12.5 Å². The average molecular weight is 311 g/mol. The Bertz CT molecular complexity index is 166. The van der Waals surface area contributed by atoms with Crippen LogP contribution in [-0.4, -0.2) is 13.3 Å². The highest BCUT2D eigenvalue weighted by molar-refractivity contribution is 7.19. The molecule has 0 aromatic heterocycles. The van der Waals surface area contributed by atoms with E-state index in [1.54, 1.807) is 0 Å². The summed E-state index contributed by atoms with van der Waals surface area (Å²) >= 11 is 11.9. The van der Waals surface area contributed by atoms with Gasteiger partial charge >= 0.3 is 0 Å². The van der Waals surface area contributed by atoms with Gasteiger partial charge in [0.25, 0.3) is 0 Å². The van der Waals surface area contributed by atoms with Crippen LogP contribution in [0.15, 0.2) is 0 Å². The fraction of sp³-hybridized carbons (Fsp3) is 1.00. The van der Waals surface area contributed by atoms with Crippen molar-refractivity contribution in [2.24, 2.45) is 0 Å². The average Bonchev–Trinajstić information content (AvgIpc) is 2.29. The van der Waals surface area contributed by atoms with Gasteiger partial charge < -0.3 is 0 Å². The SMILES string of the molecule is C[Si](C)(Cl)CCCCCCCCCCCCCCl. The molecule has 0 heterocycles. The van der Waals surface area contributed by atoms with Gasteiger partial charge in [-0.1, -0.05) is 77.3 Å². The van der Waals surface area contributed by atoms with Crippen LogP contribution in [0.1, 0.15) is 70.6 Å². The fourth-order valence-electron chi connectivity index (χ4n) is 2.23. The van der Waals surface area contributed by atoms with Crippen molar-refractivity contribution in [3.8, 4) is 0 Å². The molecule has 0 rings (SSSR count). The molecule has 0 radical (unpaired) electrons. The Labute approximate surface area is 126 Å². The van der Waals surface area contributed by atoms with E-state index in [0.717, 1.165) is 5.88 Å². The van der Waals surface area contributed by atoms with Crippen molar-refractivity contribution in [2.75, 3.05) is 5.88 Å². The summed E-state index contributed by atoms with van der Waals surface area (Å²) in [5.74, 6) is 0.835. The summed E-state index contributed by atoms with van der Waals surface area (Å²) in [6.07, 6.45) is 15.1. The lowest BCUT2D eigenvalue weighted by Crippen LogP contribution is -2.14. The topological polar surface area (TPSA) is 0 Å². The summed E-state index contributed by atoms with van der Waals surface area (Å²) < 4.78 is 0. The summed E-state index contributed by atoms with van der Waals surface area (Å²) in [4.78, 5) is 0. The predicted molar refractivity (Wildman–Crippen MR) is 89.6 cm³/mol. The van der Waals surface area contributed by atoms with E-state index in [0.29, 0.717) is 0 Å². The Hall–Kier alpha value is 0.797. The molecule has 18 heavy (non-hydrogen) atoms. The van der Waals surface area contributed by atoms with Crippen LogP contribution >= 0.6 is 22.7 Å². The molecule has 0 aliphatic carbocycles. The number of unbranched alkanes of at least 4 members (excludes halogenated alkanes) is 10. The van der Waals surface area contributed by atoms with E-state index >= 15 is 0 Å². The first-order valence-electron chi connectivity index (χ1n) is 7.81. The summed E-state index contributed by atoms with van der Waals surface area (Å²) in [5.41, 5.74) is 0. The third-order valence-corrected chi connectivity index (χ3v) is 5.78. The van der Waals surface area contributed by atoms with E-state index in [9.17, 15) is 0 Å². The molecule has 0 spiro atoms. The second kappa shape index (κ2) is 12.8. The van der Waals surface area contributed by atoms with Crippen LogP contribution < -0.4 is 0 Å². The Morgan fingerprint density at radius 3 is 1.28 bits per heavy atom. The summed E-state index contributed by atoms with van der Waals surface area (Å²) in [5, 5.41) is 0. The van der Waals surface area contributed by atoms with Gasteiger partial charge in [-0.3, -0.25) is 0 Å². The Morgan fingerprint density at radius 2 is 0.944 bits per heavy atom. The molecule has 0 saturated heterocycles. The zero-order valence-corrected chi connectivity index (χ0v) is 15.0. The molecule has 0 atom stereocenters. The van der Waals surface area contributed by atoms with E-state index < -0.39 is 7.38 Å². The van der Waals surface area contributed by atoms with Crippen LogP contribution in [0, 0.1) is 0 Å². The minimum absolute atomic E-state index is 0.835. The lowest BCUT2D eigenvalue weighted by atomic mass is 10.1. The molecule has 0 aromatic carbocycles. The molecule has 0 N–H and O–H groups in total. The number of hydrogen-bond donors (Lipinski definition) is 0. The molecular weight excluding hydrogens is 279 g/mol. The van der Waals surface area contributed by atoms with Crippen molar-refractivity contribution in [1.29, 1.82) is 0 Å². The van der Waals surface area contributed by atoms with Gasteiger partial charge in [-0.2, -0.15) is 11.1 Å². The van der Waals surface area contributed by atoms with Gasteiger partial charge in [-0.25, -0.2) is 0 Å². The fourth-order valence-corrected chi connectivity index (χ4v) is 3.91. The zero-order chi connectivity index (χ0) is 13.7. The first-order valence-corrected chi connectivity index (χ1v) is 12.6. The Kier molecular flexibility index (Phi) is 13.4. The molecule has 0 fully saturated rings. The van der Waals surface area contributed by atoms with Crippen molar-refractivity contribution >= 4 is 30.1 Å². The molecule has 0 aliphatic rings. The highest BCUT2D eigenvalue weighted by atomic mass is 35.6. The first-order chi connectivity index (χ1) is 8.56. The lowest BCUT2D eigenvalue weighted by molar-refractivity contribution is 0.554. The largest absolute Gasteiger partial charge is 0.168 e. The molecule has 0 aromatic rings. The molecular formula is C15H32Cl2Si. The summed E-state index contributed by atoms with van der Waals surface area (Å²) in [7, 11) is -1.29. The molecule has 110 valence electrons. The second-order valence-electron chi connectivity index (χ2n) is 6.05. The smallest absolute Gasteiger partial charge is 0.150 e. The van der Waals surface area contributed by atoms with E-state index in [-0.39, 0.29) is 0 Å². The van der Waals surface area contributed by atoms with Crippen LogP contribution in [0.3, 0.4) is 0 Å². The normalized spacial score (nSPS) is 12.0. The standard InChI is InChI=1S/C15H32Cl2Si/c1-18(2,17)15-13-11-9-7-5-3-4-6-8-10-12-14-16/h3-15H2,1-2H3. The van der Waals surface area contributed by atoms with Crippen LogP contribution in [0.4, 0.5) is 0 Å². The van der Waals surface area contributed by atoms with Crippen molar-refractivity contribution in [3.05, 3.63) is 0 Å². The molecule has 0 unspecified atom stereocenters. The van der Waals surface area contributed by atoms with Crippen molar-refractivity contribution < 1.29 is 0 Å². The molecule has 0 amide bonds. The summed E-state index contributed by atoms with van der Waals surface area (Å²) in [6.45, 7) is 4.50. The van der Waals surface area contributed by atoms with Crippen molar-refractivity contribution in [2.45, 2.75) is 89.8 Å². The maximum Gasteiger partial charge on any atom is 0.150 e. The third kappa shape index (κ3) is 16.8. The number of alkyl halides is 1. The van der Waals surface area contributed by atoms with E-state index in [1.165, 1.54) is 76.7 Å². The molecule has 0 saturated carbocycles. The van der Waals surface area contributed by atoms with Crippen molar-refractivity contribution in [3.63, 3.8) is 0 Å². The van der Waals surface area contributed by atoms with E-state index in [1.807, 2.05) is 0 Å². The summed E-state index contributed by atoms with van der Waals surface area (Å²) in [6, 6.07) is 1.29. The van der Waals surface area contributed by atoms with Crippen LogP contribution in [0.2, 0.25) is 19.1 Å². The molecule has 0 bridgehead atoms. The van der Waals surface area contributed by atoms with Gasteiger partial charge in [0, 0.05) is 5.88 Å². The zero-order valence-electron chi connectivity index (χ0n) is 12.4. The minimum atomic E-state index is -1.29. The van der Waals surface area contributed by atoms with Gasteiger partial charge in [-0.15, -0.1) is 11.6 Å².